The molecule has 2 unspecified atom stereocenters. The van der Waals surface area contributed by atoms with E-state index >= 15 is 0 Å². The summed E-state index contributed by atoms with van der Waals surface area (Å²) >= 11 is 0. The van der Waals surface area contributed by atoms with Gasteiger partial charge >= 0.3 is 0 Å². The molecule has 90 valence electrons. The Hall–Kier alpha value is -1.53. The van der Waals surface area contributed by atoms with Crippen molar-refractivity contribution in [1.82, 2.24) is 0 Å². The zero-order valence-corrected chi connectivity index (χ0v) is 10.1. The highest BCUT2D eigenvalue weighted by molar-refractivity contribution is 5.62. The summed E-state index contributed by atoms with van der Waals surface area (Å²) in [7, 11) is 0. The molecular weight excluding hydrogens is 212 g/mol. The largest absolute Gasteiger partial charge is 0.393 e. The molecule has 3 nitrogen and oxygen atoms in total. The van der Waals surface area contributed by atoms with E-state index in [4.69, 9.17) is 5.26 Å². The van der Waals surface area contributed by atoms with Gasteiger partial charge in [0.25, 0.3) is 0 Å². The number of benzene rings is 1. The van der Waals surface area contributed by atoms with Crippen molar-refractivity contribution in [2.75, 3.05) is 11.9 Å². The Balaban J connectivity index is 2.06. The minimum Gasteiger partial charge on any atom is -0.393 e. The summed E-state index contributed by atoms with van der Waals surface area (Å²) in [5.41, 5.74) is 2.67. The molecule has 0 saturated heterocycles. The number of hydrogen-bond acceptors (Lipinski definition) is 3. The lowest BCUT2D eigenvalue weighted by molar-refractivity contribution is 0.138. The van der Waals surface area contributed by atoms with Gasteiger partial charge in [0, 0.05) is 12.5 Å². The van der Waals surface area contributed by atoms with Crippen LogP contribution in [0.1, 0.15) is 30.4 Å². The molecule has 17 heavy (non-hydrogen) atoms. The highest BCUT2D eigenvalue weighted by atomic mass is 16.3. The highest BCUT2D eigenvalue weighted by Gasteiger charge is 2.25. The van der Waals surface area contributed by atoms with Crippen molar-refractivity contribution in [1.29, 1.82) is 5.26 Å². The second-order valence-electron chi connectivity index (χ2n) is 4.75. The summed E-state index contributed by atoms with van der Waals surface area (Å²) in [6.07, 6.45) is 2.90. The van der Waals surface area contributed by atoms with Gasteiger partial charge < -0.3 is 10.4 Å². The van der Waals surface area contributed by atoms with E-state index in [2.05, 4.69) is 11.4 Å². The molecule has 1 fully saturated rings. The smallest absolute Gasteiger partial charge is 0.101 e. The van der Waals surface area contributed by atoms with Gasteiger partial charge in [-0.15, -0.1) is 0 Å². The second-order valence-corrected chi connectivity index (χ2v) is 4.75. The maximum absolute atomic E-state index is 9.76. The highest BCUT2D eigenvalue weighted by Crippen LogP contribution is 2.27. The molecule has 1 aromatic rings. The summed E-state index contributed by atoms with van der Waals surface area (Å²) < 4.78 is 0. The van der Waals surface area contributed by atoms with Crippen LogP contribution in [0.15, 0.2) is 18.2 Å². The monoisotopic (exact) mass is 230 g/mol. The lowest BCUT2D eigenvalue weighted by Crippen LogP contribution is -2.22. The molecule has 1 aliphatic rings. The van der Waals surface area contributed by atoms with E-state index < -0.39 is 0 Å². The van der Waals surface area contributed by atoms with Gasteiger partial charge in [-0.3, -0.25) is 0 Å². The number of para-hydroxylation sites is 1. The standard InChI is InChI=1S/C14H18N2O/c1-10-4-2-5-11(8-15)14(10)16-9-12-6-3-7-13(12)17/h2,4-5,12-13,16-17H,3,6-7,9H2,1H3. The summed E-state index contributed by atoms with van der Waals surface area (Å²) in [4.78, 5) is 0. The van der Waals surface area contributed by atoms with Crippen LogP contribution in [0, 0.1) is 24.2 Å². The van der Waals surface area contributed by atoms with E-state index in [-0.39, 0.29) is 6.10 Å². The van der Waals surface area contributed by atoms with Gasteiger partial charge in [-0.2, -0.15) is 5.26 Å². The second kappa shape index (κ2) is 5.20. The van der Waals surface area contributed by atoms with Crippen LogP contribution in [0.25, 0.3) is 0 Å². The predicted octanol–water partition coefficient (Wildman–Crippen LogP) is 2.44. The van der Waals surface area contributed by atoms with E-state index in [0.29, 0.717) is 11.5 Å². The van der Waals surface area contributed by atoms with Gasteiger partial charge in [0.1, 0.15) is 6.07 Å². The van der Waals surface area contributed by atoms with E-state index in [9.17, 15) is 5.11 Å². The molecule has 0 spiro atoms. The van der Waals surface area contributed by atoms with E-state index in [1.165, 1.54) is 0 Å². The Morgan fingerprint density at radius 1 is 1.47 bits per heavy atom. The number of aliphatic hydroxyl groups is 1. The van der Waals surface area contributed by atoms with Crippen LogP contribution >= 0.6 is 0 Å². The minimum absolute atomic E-state index is 0.183. The van der Waals surface area contributed by atoms with Crippen LogP contribution in [0.5, 0.6) is 0 Å². The quantitative estimate of drug-likeness (QED) is 0.838. The fourth-order valence-corrected chi connectivity index (χ4v) is 2.48. The molecule has 0 aromatic heterocycles. The average molecular weight is 230 g/mol. The Morgan fingerprint density at radius 3 is 2.94 bits per heavy atom. The van der Waals surface area contributed by atoms with E-state index in [0.717, 1.165) is 37.1 Å². The number of aryl methyl sites for hydroxylation is 1. The van der Waals surface area contributed by atoms with Crippen LogP contribution in [0.2, 0.25) is 0 Å². The number of aliphatic hydroxyl groups excluding tert-OH is 1. The zero-order valence-electron chi connectivity index (χ0n) is 10.1. The molecule has 0 heterocycles. The average Bonchev–Trinajstić information content (AvgIpc) is 2.73. The molecule has 3 heteroatoms. The van der Waals surface area contributed by atoms with Crippen molar-refractivity contribution in [2.45, 2.75) is 32.3 Å². The first-order valence-electron chi connectivity index (χ1n) is 6.14. The predicted molar refractivity (Wildman–Crippen MR) is 67.7 cm³/mol. The number of nitrogens with one attached hydrogen (secondary N) is 1. The zero-order chi connectivity index (χ0) is 12.3. The third kappa shape index (κ3) is 2.59. The van der Waals surface area contributed by atoms with Crippen LogP contribution < -0.4 is 5.32 Å². The number of rotatable bonds is 3. The third-order valence-corrected chi connectivity index (χ3v) is 3.55. The maximum atomic E-state index is 9.76. The SMILES string of the molecule is Cc1cccc(C#N)c1NCC1CCCC1O. The van der Waals surface area contributed by atoms with Gasteiger partial charge in [0.2, 0.25) is 0 Å². The summed E-state index contributed by atoms with van der Waals surface area (Å²) in [5, 5.41) is 22.1. The van der Waals surface area contributed by atoms with Crippen LogP contribution in [0.4, 0.5) is 5.69 Å². The molecular formula is C14H18N2O. The molecule has 2 atom stereocenters. The molecule has 1 saturated carbocycles. The van der Waals surface area contributed by atoms with Gasteiger partial charge in [-0.05, 0) is 31.4 Å². The normalized spacial score (nSPS) is 23.4. The van der Waals surface area contributed by atoms with E-state index in [1.807, 2.05) is 25.1 Å². The van der Waals surface area contributed by atoms with Crippen molar-refractivity contribution in [3.05, 3.63) is 29.3 Å². The van der Waals surface area contributed by atoms with Gasteiger partial charge in [-0.1, -0.05) is 18.6 Å². The number of nitrogens with zero attached hydrogens (tertiary/aromatic N) is 1. The van der Waals surface area contributed by atoms with Gasteiger partial charge in [-0.25, -0.2) is 0 Å². The Morgan fingerprint density at radius 2 is 2.29 bits per heavy atom. The van der Waals surface area contributed by atoms with Crippen LogP contribution in [-0.2, 0) is 0 Å². The summed E-state index contributed by atoms with van der Waals surface area (Å²) in [6.45, 7) is 2.74. The molecule has 1 aliphatic carbocycles. The molecule has 0 bridgehead atoms. The van der Waals surface area contributed by atoms with Crippen molar-refractivity contribution in [2.24, 2.45) is 5.92 Å². The summed E-state index contributed by atoms with van der Waals surface area (Å²) in [5.74, 6) is 0.321. The molecule has 0 aliphatic heterocycles. The number of anilines is 1. The first-order valence-corrected chi connectivity index (χ1v) is 6.14. The van der Waals surface area contributed by atoms with Crippen molar-refractivity contribution in [3.8, 4) is 6.07 Å². The lowest BCUT2D eigenvalue weighted by atomic mass is 10.0. The first kappa shape index (κ1) is 11.9. The van der Waals surface area contributed by atoms with Crippen molar-refractivity contribution >= 4 is 5.69 Å². The molecule has 2 rings (SSSR count). The van der Waals surface area contributed by atoms with E-state index in [1.54, 1.807) is 0 Å². The fourth-order valence-electron chi connectivity index (χ4n) is 2.48. The van der Waals surface area contributed by atoms with Gasteiger partial charge in [0.15, 0.2) is 0 Å². The van der Waals surface area contributed by atoms with Crippen molar-refractivity contribution < 1.29 is 5.11 Å². The van der Waals surface area contributed by atoms with Gasteiger partial charge in [0.05, 0.1) is 17.4 Å². The first-order chi connectivity index (χ1) is 8.22. The molecule has 1 aromatic carbocycles. The molecule has 2 N–H and O–H groups in total. The number of nitriles is 1. The Kier molecular flexibility index (Phi) is 3.65. The number of hydrogen-bond donors (Lipinski definition) is 2. The third-order valence-electron chi connectivity index (χ3n) is 3.55. The fraction of sp³-hybridized carbons (Fsp3) is 0.500. The Bertz CT molecular complexity index is 436. The van der Waals surface area contributed by atoms with Crippen LogP contribution in [0.3, 0.4) is 0 Å². The summed E-state index contributed by atoms with van der Waals surface area (Å²) in [6, 6.07) is 7.90. The topological polar surface area (TPSA) is 56.0 Å². The molecule has 0 amide bonds. The Labute approximate surface area is 102 Å². The maximum Gasteiger partial charge on any atom is 0.101 e. The van der Waals surface area contributed by atoms with Crippen molar-refractivity contribution in [3.63, 3.8) is 0 Å². The van der Waals surface area contributed by atoms with Crippen LogP contribution in [-0.4, -0.2) is 17.8 Å². The molecule has 0 radical (unpaired) electrons. The lowest BCUT2D eigenvalue weighted by Gasteiger charge is -2.17. The minimum atomic E-state index is -0.183.